The van der Waals surface area contributed by atoms with E-state index in [1.165, 1.54) is 25.7 Å². The maximum absolute atomic E-state index is 12.6. The summed E-state index contributed by atoms with van der Waals surface area (Å²) >= 11 is 0. The molecule has 1 saturated carbocycles. The average molecular weight is 379 g/mol. The quantitative estimate of drug-likeness (QED) is 0.589. The molecule has 0 atom stereocenters. The first-order valence-electron chi connectivity index (χ1n) is 9.73. The lowest BCUT2D eigenvalue weighted by Gasteiger charge is -2.17. The Bertz CT molecular complexity index is 704. The number of nitrogens with one attached hydrogen (secondary N) is 2. The Balaban J connectivity index is 1.63. The SMILES string of the molecule is CCNC(=NCc1ccc(S(=O)(=O)N2CCCC2)cc1)NC1CCCC1. The van der Waals surface area contributed by atoms with Crippen LogP contribution < -0.4 is 10.6 Å². The standard InChI is InChI=1S/C19H30N4O2S/c1-2-20-19(22-17-7-3-4-8-17)21-15-16-9-11-18(12-10-16)26(24,25)23-13-5-6-14-23/h9-12,17H,2-8,13-15H2,1H3,(H2,20,21,22). The molecule has 6 nitrogen and oxygen atoms in total. The molecule has 2 aliphatic rings. The molecule has 7 heteroatoms. The predicted octanol–water partition coefficient (Wildman–Crippen LogP) is 2.47. The van der Waals surface area contributed by atoms with Gasteiger partial charge in [0.05, 0.1) is 11.4 Å². The van der Waals surface area contributed by atoms with Crippen LogP contribution in [0.4, 0.5) is 0 Å². The third-order valence-corrected chi connectivity index (χ3v) is 7.00. The lowest BCUT2D eigenvalue weighted by atomic mass is 10.2. The van der Waals surface area contributed by atoms with Gasteiger partial charge in [-0.1, -0.05) is 25.0 Å². The topological polar surface area (TPSA) is 73.8 Å². The summed E-state index contributed by atoms with van der Waals surface area (Å²) in [5, 5.41) is 6.78. The monoisotopic (exact) mass is 378 g/mol. The third-order valence-electron chi connectivity index (χ3n) is 5.09. The summed E-state index contributed by atoms with van der Waals surface area (Å²) in [6, 6.07) is 7.66. The van der Waals surface area contributed by atoms with E-state index in [1.54, 1.807) is 16.4 Å². The van der Waals surface area contributed by atoms with Crippen molar-refractivity contribution in [2.24, 2.45) is 4.99 Å². The molecule has 0 amide bonds. The first-order chi connectivity index (χ1) is 12.6. The van der Waals surface area contributed by atoms with Crippen molar-refractivity contribution in [2.45, 2.75) is 62.9 Å². The van der Waals surface area contributed by atoms with Gasteiger partial charge in [-0.2, -0.15) is 4.31 Å². The summed E-state index contributed by atoms with van der Waals surface area (Å²) in [6.07, 6.45) is 6.87. The number of hydrogen-bond donors (Lipinski definition) is 2. The minimum Gasteiger partial charge on any atom is -0.357 e. The van der Waals surface area contributed by atoms with E-state index in [0.29, 0.717) is 30.6 Å². The zero-order valence-corrected chi connectivity index (χ0v) is 16.4. The lowest BCUT2D eigenvalue weighted by molar-refractivity contribution is 0.477. The van der Waals surface area contributed by atoms with Crippen molar-refractivity contribution in [1.82, 2.24) is 14.9 Å². The van der Waals surface area contributed by atoms with Crippen molar-refractivity contribution < 1.29 is 8.42 Å². The van der Waals surface area contributed by atoms with Crippen molar-refractivity contribution >= 4 is 16.0 Å². The second-order valence-corrected chi connectivity index (χ2v) is 9.01. The highest BCUT2D eigenvalue weighted by Gasteiger charge is 2.26. The van der Waals surface area contributed by atoms with Gasteiger partial charge in [0, 0.05) is 25.7 Å². The van der Waals surface area contributed by atoms with Crippen LogP contribution in [0.5, 0.6) is 0 Å². The van der Waals surface area contributed by atoms with E-state index in [9.17, 15) is 8.42 Å². The van der Waals surface area contributed by atoms with E-state index in [0.717, 1.165) is 30.9 Å². The minimum atomic E-state index is -3.34. The van der Waals surface area contributed by atoms with Crippen molar-refractivity contribution in [1.29, 1.82) is 0 Å². The molecule has 3 rings (SSSR count). The van der Waals surface area contributed by atoms with Gasteiger partial charge in [0.15, 0.2) is 5.96 Å². The van der Waals surface area contributed by atoms with Crippen LogP contribution in [0.2, 0.25) is 0 Å². The average Bonchev–Trinajstić information content (AvgIpc) is 3.34. The predicted molar refractivity (Wildman–Crippen MR) is 105 cm³/mol. The van der Waals surface area contributed by atoms with Gasteiger partial charge in [-0.05, 0) is 50.3 Å². The van der Waals surface area contributed by atoms with Gasteiger partial charge < -0.3 is 10.6 Å². The van der Waals surface area contributed by atoms with Crippen LogP contribution in [0.1, 0.15) is 51.0 Å². The Morgan fingerprint density at radius 2 is 1.77 bits per heavy atom. The molecule has 1 aromatic rings. The maximum Gasteiger partial charge on any atom is 0.243 e. The Hall–Kier alpha value is -1.60. The van der Waals surface area contributed by atoms with Crippen LogP contribution in [0.25, 0.3) is 0 Å². The van der Waals surface area contributed by atoms with Crippen LogP contribution in [0.15, 0.2) is 34.2 Å². The van der Waals surface area contributed by atoms with Gasteiger partial charge in [-0.3, -0.25) is 0 Å². The van der Waals surface area contributed by atoms with Crippen molar-refractivity contribution in [2.75, 3.05) is 19.6 Å². The molecule has 1 aromatic carbocycles. The van der Waals surface area contributed by atoms with E-state index in [4.69, 9.17) is 0 Å². The van der Waals surface area contributed by atoms with Crippen LogP contribution in [0, 0.1) is 0 Å². The molecule has 1 aliphatic carbocycles. The Morgan fingerprint density at radius 3 is 2.38 bits per heavy atom. The molecule has 0 bridgehead atoms. The highest BCUT2D eigenvalue weighted by molar-refractivity contribution is 7.89. The number of hydrogen-bond acceptors (Lipinski definition) is 3. The second kappa shape index (κ2) is 8.86. The summed E-state index contributed by atoms with van der Waals surface area (Å²) < 4.78 is 26.7. The molecule has 1 aliphatic heterocycles. The van der Waals surface area contributed by atoms with Gasteiger partial charge in [-0.25, -0.2) is 13.4 Å². The Kier molecular flexibility index (Phi) is 6.53. The van der Waals surface area contributed by atoms with Gasteiger partial charge in [0.1, 0.15) is 0 Å². The second-order valence-electron chi connectivity index (χ2n) is 7.08. The fourth-order valence-electron chi connectivity index (χ4n) is 3.60. The van der Waals surface area contributed by atoms with E-state index < -0.39 is 10.0 Å². The van der Waals surface area contributed by atoms with Crippen molar-refractivity contribution in [3.05, 3.63) is 29.8 Å². The van der Waals surface area contributed by atoms with E-state index >= 15 is 0 Å². The number of sulfonamides is 1. The molecule has 144 valence electrons. The number of benzene rings is 1. The molecule has 0 unspecified atom stereocenters. The highest BCUT2D eigenvalue weighted by Crippen LogP contribution is 2.21. The van der Waals surface area contributed by atoms with Crippen molar-refractivity contribution in [3.8, 4) is 0 Å². The first-order valence-corrected chi connectivity index (χ1v) is 11.2. The van der Waals surface area contributed by atoms with Crippen LogP contribution in [-0.2, 0) is 16.6 Å². The minimum absolute atomic E-state index is 0.378. The molecule has 1 saturated heterocycles. The van der Waals surface area contributed by atoms with Gasteiger partial charge in [-0.15, -0.1) is 0 Å². The van der Waals surface area contributed by atoms with Gasteiger partial charge >= 0.3 is 0 Å². The number of aliphatic imine (C=N–C) groups is 1. The molecule has 0 aromatic heterocycles. The van der Waals surface area contributed by atoms with Gasteiger partial charge in [0.2, 0.25) is 10.0 Å². The van der Waals surface area contributed by atoms with Gasteiger partial charge in [0.25, 0.3) is 0 Å². The molecular formula is C19H30N4O2S. The summed E-state index contributed by atoms with van der Waals surface area (Å²) in [7, 11) is -3.34. The van der Waals surface area contributed by atoms with Crippen molar-refractivity contribution in [3.63, 3.8) is 0 Å². The zero-order valence-electron chi connectivity index (χ0n) is 15.6. The maximum atomic E-state index is 12.6. The molecule has 0 spiro atoms. The largest absolute Gasteiger partial charge is 0.357 e. The lowest BCUT2D eigenvalue weighted by Crippen LogP contribution is -2.42. The normalized spacial score (nSPS) is 19.8. The van der Waals surface area contributed by atoms with E-state index in [1.807, 2.05) is 12.1 Å². The zero-order chi connectivity index (χ0) is 18.4. The highest BCUT2D eigenvalue weighted by atomic mass is 32.2. The molecule has 26 heavy (non-hydrogen) atoms. The summed E-state index contributed by atoms with van der Waals surface area (Å²) in [5.74, 6) is 0.841. The number of rotatable bonds is 6. The van der Waals surface area contributed by atoms with Crippen LogP contribution in [-0.4, -0.2) is 44.4 Å². The number of nitrogens with zero attached hydrogens (tertiary/aromatic N) is 2. The molecule has 0 radical (unpaired) electrons. The smallest absolute Gasteiger partial charge is 0.243 e. The third kappa shape index (κ3) is 4.76. The fraction of sp³-hybridized carbons (Fsp3) is 0.632. The molecular weight excluding hydrogens is 348 g/mol. The molecule has 1 heterocycles. The fourth-order valence-corrected chi connectivity index (χ4v) is 5.12. The first kappa shape index (κ1) is 19.2. The summed E-state index contributed by atoms with van der Waals surface area (Å²) in [6.45, 7) is 4.68. The summed E-state index contributed by atoms with van der Waals surface area (Å²) in [4.78, 5) is 5.03. The van der Waals surface area contributed by atoms with Crippen LogP contribution >= 0.6 is 0 Å². The van der Waals surface area contributed by atoms with Crippen LogP contribution in [0.3, 0.4) is 0 Å². The Labute approximate surface area is 157 Å². The number of guanidine groups is 1. The van der Waals surface area contributed by atoms with E-state index in [-0.39, 0.29) is 0 Å². The molecule has 2 fully saturated rings. The summed E-state index contributed by atoms with van der Waals surface area (Å²) in [5.41, 5.74) is 1.01. The molecule has 2 N–H and O–H groups in total. The van der Waals surface area contributed by atoms with E-state index in [2.05, 4.69) is 22.5 Å². The Morgan fingerprint density at radius 1 is 1.12 bits per heavy atom.